The van der Waals surface area contributed by atoms with E-state index < -0.39 is 0 Å². The Balaban J connectivity index is 1.36. The Morgan fingerprint density at radius 2 is 1.50 bits per heavy atom. The normalized spacial score (nSPS) is 16.6. The fraction of sp³-hybridized carbons (Fsp3) is 0.292. The maximum atomic E-state index is 13.1. The Kier molecular flexibility index (Phi) is 5.88. The van der Waals surface area contributed by atoms with Crippen molar-refractivity contribution in [1.82, 2.24) is 14.8 Å². The first-order chi connectivity index (χ1) is 13.8. The molecule has 4 rings (SSSR count). The molecule has 0 spiro atoms. The molecule has 3 aromatic rings. The van der Waals surface area contributed by atoms with Crippen LogP contribution in [0.2, 0.25) is 0 Å². The smallest absolute Gasteiger partial charge is 0.247 e. The van der Waals surface area contributed by atoms with E-state index in [0.717, 1.165) is 38.0 Å². The van der Waals surface area contributed by atoms with Crippen molar-refractivity contribution in [2.45, 2.75) is 31.5 Å². The number of piperidine rings is 1. The molecule has 4 heteroatoms. The van der Waals surface area contributed by atoms with Crippen LogP contribution in [0, 0.1) is 0 Å². The summed E-state index contributed by atoms with van der Waals surface area (Å²) in [6.45, 7) is 3.01. The van der Waals surface area contributed by atoms with Gasteiger partial charge in [0.15, 0.2) is 0 Å². The Bertz CT molecular complexity index is 853. The van der Waals surface area contributed by atoms with Crippen molar-refractivity contribution in [1.29, 1.82) is 0 Å². The molecule has 2 aromatic carbocycles. The number of likely N-dealkylation sites (tertiary alicyclic amines) is 1. The highest BCUT2D eigenvalue weighted by atomic mass is 16.2. The summed E-state index contributed by atoms with van der Waals surface area (Å²) in [7, 11) is 0. The van der Waals surface area contributed by atoms with Gasteiger partial charge in [0, 0.05) is 38.1 Å². The highest BCUT2D eigenvalue weighted by Gasteiger charge is 2.26. The van der Waals surface area contributed by atoms with Crippen molar-refractivity contribution in [2.75, 3.05) is 13.1 Å². The quantitative estimate of drug-likeness (QED) is 0.712. The SMILES string of the molecule is O=C(NC1CCN(Cc2ccccc2)CC1)[C@@H](c1ccccc1)n1cccc1. The Morgan fingerprint density at radius 3 is 2.14 bits per heavy atom. The van der Waals surface area contributed by atoms with Gasteiger partial charge in [0.25, 0.3) is 0 Å². The third-order valence-corrected chi connectivity index (χ3v) is 5.47. The number of hydrogen-bond donors (Lipinski definition) is 1. The van der Waals surface area contributed by atoms with E-state index >= 15 is 0 Å². The van der Waals surface area contributed by atoms with E-state index in [4.69, 9.17) is 0 Å². The number of nitrogens with zero attached hydrogens (tertiary/aromatic N) is 2. The predicted molar refractivity (Wildman–Crippen MR) is 112 cm³/mol. The molecular formula is C24H27N3O. The van der Waals surface area contributed by atoms with Gasteiger partial charge < -0.3 is 9.88 Å². The number of rotatable bonds is 6. The minimum atomic E-state index is -0.321. The van der Waals surface area contributed by atoms with Crippen LogP contribution in [0.1, 0.15) is 30.0 Å². The number of amides is 1. The lowest BCUT2D eigenvalue weighted by Gasteiger charge is -2.33. The number of aromatic nitrogens is 1. The molecule has 144 valence electrons. The van der Waals surface area contributed by atoms with Gasteiger partial charge in [-0.05, 0) is 36.1 Å². The highest BCUT2D eigenvalue weighted by molar-refractivity contribution is 5.83. The molecular weight excluding hydrogens is 346 g/mol. The van der Waals surface area contributed by atoms with Crippen molar-refractivity contribution in [3.05, 3.63) is 96.3 Å². The number of hydrogen-bond acceptors (Lipinski definition) is 2. The average Bonchev–Trinajstić information content (AvgIpc) is 3.25. The number of carbonyl (C=O) groups excluding carboxylic acids is 1. The lowest BCUT2D eigenvalue weighted by atomic mass is 10.0. The molecule has 0 bridgehead atoms. The molecule has 0 aliphatic carbocycles. The van der Waals surface area contributed by atoms with Crippen molar-refractivity contribution in [2.24, 2.45) is 0 Å². The first-order valence-corrected chi connectivity index (χ1v) is 10.0. The van der Waals surface area contributed by atoms with Gasteiger partial charge in [0.2, 0.25) is 5.91 Å². The zero-order valence-corrected chi connectivity index (χ0v) is 16.1. The minimum absolute atomic E-state index is 0.0731. The van der Waals surface area contributed by atoms with Crippen LogP contribution >= 0.6 is 0 Å². The van der Waals surface area contributed by atoms with Gasteiger partial charge in [0.1, 0.15) is 6.04 Å². The van der Waals surface area contributed by atoms with E-state index in [2.05, 4.69) is 40.5 Å². The molecule has 1 fully saturated rings. The topological polar surface area (TPSA) is 37.3 Å². The van der Waals surface area contributed by atoms with E-state index in [1.165, 1.54) is 5.56 Å². The molecule has 4 nitrogen and oxygen atoms in total. The molecule has 1 aliphatic rings. The molecule has 0 radical (unpaired) electrons. The second-order valence-electron chi connectivity index (χ2n) is 7.49. The summed E-state index contributed by atoms with van der Waals surface area (Å²) in [5.41, 5.74) is 2.36. The first kappa shape index (κ1) is 18.5. The number of nitrogens with one attached hydrogen (secondary N) is 1. The fourth-order valence-corrected chi connectivity index (χ4v) is 3.97. The monoisotopic (exact) mass is 373 g/mol. The fourth-order valence-electron chi connectivity index (χ4n) is 3.97. The van der Waals surface area contributed by atoms with Crippen LogP contribution in [-0.2, 0) is 11.3 Å². The molecule has 1 atom stereocenters. The second kappa shape index (κ2) is 8.89. The van der Waals surface area contributed by atoms with E-state index in [0.29, 0.717) is 0 Å². The summed E-state index contributed by atoms with van der Waals surface area (Å²) in [5.74, 6) is 0.0731. The van der Waals surface area contributed by atoms with Crippen LogP contribution in [0.25, 0.3) is 0 Å². The van der Waals surface area contributed by atoms with Crippen molar-refractivity contribution >= 4 is 5.91 Å². The van der Waals surface area contributed by atoms with Gasteiger partial charge in [0.05, 0.1) is 0 Å². The van der Waals surface area contributed by atoms with Crippen LogP contribution in [0.3, 0.4) is 0 Å². The Morgan fingerprint density at radius 1 is 0.893 bits per heavy atom. The number of benzene rings is 2. The van der Waals surface area contributed by atoms with Gasteiger partial charge >= 0.3 is 0 Å². The van der Waals surface area contributed by atoms with Crippen LogP contribution < -0.4 is 5.32 Å². The summed E-state index contributed by atoms with van der Waals surface area (Å²) in [4.78, 5) is 15.6. The summed E-state index contributed by atoms with van der Waals surface area (Å²) >= 11 is 0. The third kappa shape index (κ3) is 4.52. The van der Waals surface area contributed by atoms with Crippen LogP contribution in [-0.4, -0.2) is 34.5 Å². The predicted octanol–water partition coefficient (Wildman–Crippen LogP) is 3.86. The third-order valence-electron chi connectivity index (χ3n) is 5.47. The van der Waals surface area contributed by atoms with E-state index in [1.54, 1.807) is 0 Å². The second-order valence-corrected chi connectivity index (χ2v) is 7.49. The van der Waals surface area contributed by atoms with Gasteiger partial charge in [-0.1, -0.05) is 60.7 Å². The minimum Gasteiger partial charge on any atom is -0.351 e. The average molecular weight is 374 g/mol. The Hall–Kier alpha value is -2.85. The van der Waals surface area contributed by atoms with Gasteiger partial charge in [-0.15, -0.1) is 0 Å². The summed E-state index contributed by atoms with van der Waals surface area (Å²) in [5, 5.41) is 3.30. The summed E-state index contributed by atoms with van der Waals surface area (Å²) in [6, 6.07) is 24.4. The van der Waals surface area contributed by atoms with E-state index in [9.17, 15) is 4.79 Å². The molecule has 0 unspecified atom stereocenters. The summed E-state index contributed by atoms with van der Waals surface area (Å²) < 4.78 is 1.98. The van der Waals surface area contributed by atoms with Crippen LogP contribution in [0.5, 0.6) is 0 Å². The summed E-state index contributed by atoms with van der Waals surface area (Å²) in [6.07, 6.45) is 5.90. The van der Waals surface area contributed by atoms with Crippen molar-refractivity contribution in [3.8, 4) is 0 Å². The largest absolute Gasteiger partial charge is 0.351 e. The van der Waals surface area contributed by atoms with Gasteiger partial charge in [-0.2, -0.15) is 0 Å². The van der Waals surface area contributed by atoms with Crippen molar-refractivity contribution in [3.63, 3.8) is 0 Å². The van der Waals surface area contributed by atoms with Crippen LogP contribution in [0.15, 0.2) is 85.2 Å². The molecule has 0 saturated carbocycles. The maximum Gasteiger partial charge on any atom is 0.247 e. The maximum absolute atomic E-state index is 13.1. The molecule has 1 amide bonds. The molecule has 28 heavy (non-hydrogen) atoms. The van der Waals surface area contributed by atoms with Gasteiger partial charge in [-0.25, -0.2) is 0 Å². The molecule has 1 aliphatic heterocycles. The number of carbonyl (C=O) groups is 1. The standard InChI is InChI=1S/C24H27N3O/c28-24(23(27-15-7-8-16-27)21-11-5-2-6-12-21)25-22-13-17-26(18-14-22)19-20-9-3-1-4-10-20/h1-12,15-16,22-23H,13-14,17-19H2,(H,25,28)/t23-/m1/s1. The molecule has 1 aromatic heterocycles. The Labute approximate surface area is 166 Å². The molecule has 1 N–H and O–H groups in total. The van der Waals surface area contributed by atoms with Crippen molar-refractivity contribution < 1.29 is 4.79 Å². The van der Waals surface area contributed by atoms with Crippen LogP contribution in [0.4, 0.5) is 0 Å². The zero-order valence-electron chi connectivity index (χ0n) is 16.1. The van der Waals surface area contributed by atoms with E-state index in [-0.39, 0.29) is 18.0 Å². The molecule has 1 saturated heterocycles. The highest BCUT2D eigenvalue weighted by Crippen LogP contribution is 2.20. The van der Waals surface area contributed by atoms with E-state index in [1.807, 2.05) is 59.4 Å². The lowest BCUT2D eigenvalue weighted by Crippen LogP contribution is -2.46. The lowest BCUT2D eigenvalue weighted by molar-refractivity contribution is -0.124. The molecule has 2 heterocycles. The van der Waals surface area contributed by atoms with Gasteiger partial charge in [-0.3, -0.25) is 9.69 Å². The first-order valence-electron chi connectivity index (χ1n) is 10.0. The zero-order chi connectivity index (χ0) is 19.2.